The van der Waals surface area contributed by atoms with Gasteiger partial charge in [-0.3, -0.25) is 9.59 Å². The van der Waals surface area contributed by atoms with Crippen molar-refractivity contribution < 1.29 is 19.4 Å². The second kappa shape index (κ2) is 12.2. The van der Waals surface area contributed by atoms with Gasteiger partial charge in [0, 0.05) is 25.9 Å². The standard InChI is InChI=1S/C26H31NO4/c28-17-19-31-18-7-12-24(29)11-4-6-14-26(30)27-20-23-10-2-1-8-21(23)15-16-22-9-3-5-13-25(22)27/h1-3,5,8-10,13,15-16,28H,4,6-7,11-12,14,17-20H2/b16-15-. The summed E-state index contributed by atoms with van der Waals surface area (Å²) in [5.41, 5.74) is 4.21. The summed E-state index contributed by atoms with van der Waals surface area (Å²) in [4.78, 5) is 27.0. The van der Waals surface area contributed by atoms with Crippen LogP contribution in [0.1, 0.15) is 55.2 Å². The highest BCUT2D eigenvalue weighted by Gasteiger charge is 2.20. The van der Waals surface area contributed by atoms with Gasteiger partial charge in [0.15, 0.2) is 0 Å². The second-order valence-corrected chi connectivity index (χ2v) is 7.76. The molecule has 0 spiro atoms. The van der Waals surface area contributed by atoms with Gasteiger partial charge in [0.25, 0.3) is 0 Å². The first-order chi connectivity index (χ1) is 15.2. The van der Waals surface area contributed by atoms with Gasteiger partial charge in [-0.15, -0.1) is 0 Å². The molecule has 0 aliphatic carbocycles. The van der Waals surface area contributed by atoms with Gasteiger partial charge in [-0.1, -0.05) is 54.6 Å². The van der Waals surface area contributed by atoms with Crippen molar-refractivity contribution in [1.82, 2.24) is 0 Å². The fourth-order valence-electron chi connectivity index (χ4n) is 3.77. The largest absolute Gasteiger partial charge is 0.394 e. The van der Waals surface area contributed by atoms with Crippen molar-refractivity contribution in [1.29, 1.82) is 0 Å². The molecule has 1 aliphatic heterocycles. The van der Waals surface area contributed by atoms with Crippen molar-refractivity contribution in [2.24, 2.45) is 0 Å². The van der Waals surface area contributed by atoms with Gasteiger partial charge >= 0.3 is 0 Å². The molecule has 5 nitrogen and oxygen atoms in total. The number of nitrogens with zero attached hydrogens (tertiary/aromatic N) is 1. The molecule has 0 radical (unpaired) electrons. The minimum absolute atomic E-state index is 0.00530. The molecule has 31 heavy (non-hydrogen) atoms. The Bertz CT molecular complexity index is 906. The quantitative estimate of drug-likeness (QED) is 0.538. The van der Waals surface area contributed by atoms with E-state index in [1.807, 2.05) is 41.3 Å². The lowest BCUT2D eigenvalue weighted by atomic mass is 10.0. The fraction of sp³-hybridized carbons (Fsp3) is 0.385. The van der Waals surface area contributed by atoms with Crippen LogP contribution in [-0.2, 0) is 20.9 Å². The predicted molar refractivity (Wildman–Crippen MR) is 124 cm³/mol. The van der Waals surface area contributed by atoms with Crippen molar-refractivity contribution in [2.75, 3.05) is 24.7 Å². The zero-order valence-corrected chi connectivity index (χ0v) is 18.0. The molecular formula is C26H31NO4. The molecule has 1 heterocycles. The van der Waals surface area contributed by atoms with Crippen LogP contribution in [0.4, 0.5) is 5.69 Å². The highest BCUT2D eigenvalue weighted by atomic mass is 16.5. The number of amides is 1. The summed E-state index contributed by atoms with van der Waals surface area (Å²) < 4.78 is 5.17. The van der Waals surface area contributed by atoms with E-state index in [1.54, 1.807) is 0 Å². The van der Waals surface area contributed by atoms with E-state index in [9.17, 15) is 9.59 Å². The van der Waals surface area contributed by atoms with Crippen LogP contribution in [0.2, 0.25) is 0 Å². The number of carbonyl (C=O) groups is 2. The first kappa shape index (κ1) is 22.9. The van der Waals surface area contributed by atoms with E-state index in [1.165, 1.54) is 0 Å². The molecule has 0 unspecified atom stereocenters. The maximum atomic E-state index is 13.1. The number of rotatable bonds is 11. The molecule has 0 saturated heterocycles. The lowest BCUT2D eigenvalue weighted by Gasteiger charge is -2.27. The number of fused-ring (bicyclic) bond motifs is 2. The number of carbonyl (C=O) groups excluding carboxylic acids is 2. The van der Waals surface area contributed by atoms with Gasteiger partial charge in [0.05, 0.1) is 25.4 Å². The predicted octanol–water partition coefficient (Wildman–Crippen LogP) is 4.62. The molecule has 1 amide bonds. The highest BCUT2D eigenvalue weighted by molar-refractivity contribution is 5.97. The molecule has 3 rings (SSSR count). The molecule has 0 aromatic heterocycles. The number of aliphatic hydroxyl groups excluding tert-OH is 1. The minimum Gasteiger partial charge on any atom is -0.394 e. The van der Waals surface area contributed by atoms with E-state index in [2.05, 4.69) is 24.3 Å². The second-order valence-electron chi connectivity index (χ2n) is 7.76. The Morgan fingerprint density at radius 1 is 0.839 bits per heavy atom. The van der Waals surface area contributed by atoms with E-state index >= 15 is 0 Å². The van der Waals surface area contributed by atoms with Gasteiger partial charge in [-0.25, -0.2) is 0 Å². The summed E-state index contributed by atoms with van der Waals surface area (Å²) in [6.07, 6.45) is 7.67. The Morgan fingerprint density at radius 2 is 1.52 bits per heavy atom. The molecule has 164 valence electrons. The van der Waals surface area contributed by atoms with Crippen LogP contribution in [0, 0.1) is 0 Å². The molecule has 0 fully saturated rings. The monoisotopic (exact) mass is 421 g/mol. The zero-order chi connectivity index (χ0) is 21.9. The molecule has 0 saturated carbocycles. The third-order valence-electron chi connectivity index (χ3n) is 5.43. The van der Waals surface area contributed by atoms with Gasteiger partial charge in [0.1, 0.15) is 5.78 Å². The van der Waals surface area contributed by atoms with E-state index in [0.29, 0.717) is 58.3 Å². The number of hydrogen-bond acceptors (Lipinski definition) is 4. The number of Topliss-reactive ketones (excluding diaryl/α,β-unsaturated/α-hetero) is 1. The summed E-state index contributed by atoms with van der Waals surface area (Å²) >= 11 is 0. The van der Waals surface area contributed by atoms with Crippen LogP contribution < -0.4 is 4.90 Å². The first-order valence-electron chi connectivity index (χ1n) is 11.0. The Morgan fingerprint density at radius 3 is 2.35 bits per heavy atom. The van der Waals surface area contributed by atoms with Crippen molar-refractivity contribution in [2.45, 2.75) is 45.1 Å². The maximum Gasteiger partial charge on any atom is 0.227 e. The zero-order valence-electron chi connectivity index (χ0n) is 18.0. The van der Waals surface area contributed by atoms with Crippen LogP contribution in [-0.4, -0.2) is 36.6 Å². The number of benzene rings is 2. The Hall–Kier alpha value is -2.76. The molecule has 2 aromatic rings. The normalized spacial score (nSPS) is 13.6. The van der Waals surface area contributed by atoms with E-state index in [4.69, 9.17) is 9.84 Å². The molecular weight excluding hydrogens is 390 g/mol. The van der Waals surface area contributed by atoms with Crippen molar-refractivity contribution in [3.8, 4) is 0 Å². The van der Waals surface area contributed by atoms with Gasteiger partial charge < -0.3 is 14.7 Å². The van der Waals surface area contributed by atoms with Gasteiger partial charge in [-0.05, 0) is 42.0 Å². The summed E-state index contributed by atoms with van der Waals surface area (Å²) in [6, 6.07) is 16.1. The summed E-state index contributed by atoms with van der Waals surface area (Å²) in [5.74, 6) is 0.290. The molecule has 0 bridgehead atoms. The number of ether oxygens (including phenoxy) is 1. The topological polar surface area (TPSA) is 66.8 Å². The first-order valence-corrected chi connectivity index (χ1v) is 11.0. The fourth-order valence-corrected chi connectivity index (χ4v) is 3.77. The Kier molecular flexibility index (Phi) is 9.00. The Labute approximate surface area is 184 Å². The van der Waals surface area contributed by atoms with E-state index in [-0.39, 0.29) is 18.3 Å². The number of hydrogen-bond donors (Lipinski definition) is 1. The van der Waals surface area contributed by atoms with Crippen LogP contribution >= 0.6 is 0 Å². The van der Waals surface area contributed by atoms with Crippen LogP contribution in [0.5, 0.6) is 0 Å². The average molecular weight is 422 g/mol. The molecule has 1 N–H and O–H groups in total. The summed E-state index contributed by atoms with van der Waals surface area (Å²) in [5, 5.41) is 8.66. The van der Waals surface area contributed by atoms with Crippen molar-refractivity contribution >= 4 is 29.5 Å². The molecule has 2 aromatic carbocycles. The number of para-hydroxylation sites is 1. The number of anilines is 1. The lowest BCUT2D eigenvalue weighted by Crippen LogP contribution is -2.31. The third kappa shape index (κ3) is 6.88. The van der Waals surface area contributed by atoms with Crippen LogP contribution in [0.25, 0.3) is 12.2 Å². The number of ketones is 1. The SMILES string of the molecule is O=C(CCCCC(=O)N1Cc2ccccc2/C=C\c2ccccc21)CCCOCCO. The highest BCUT2D eigenvalue weighted by Crippen LogP contribution is 2.29. The number of unbranched alkanes of at least 4 members (excludes halogenated alkanes) is 1. The molecule has 1 aliphatic rings. The molecule has 5 heteroatoms. The van der Waals surface area contributed by atoms with Crippen molar-refractivity contribution in [3.05, 3.63) is 65.2 Å². The van der Waals surface area contributed by atoms with E-state index < -0.39 is 0 Å². The van der Waals surface area contributed by atoms with E-state index in [0.717, 1.165) is 22.4 Å². The van der Waals surface area contributed by atoms with Crippen LogP contribution in [0.15, 0.2) is 48.5 Å². The maximum absolute atomic E-state index is 13.1. The lowest BCUT2D eigenvalue weighted by molar-refractivity contribution is -0.121. The summed E-state index contributed by atoms with van der Waals surface area (Å²) in [6.45, 7) is 1.36. The molecule has 0 atom stereocenters. The number of aliphatic hydroxyl groups is 1. The van der Waals surface area contributed by atoms with Crippen molar-refractivity contribution in [3.63, 3.8) is 0 Å². The van der Waals surface area contributed by atoms with Gasteiger partial charge in [0.2, 0.25) is 5.91 Å². The minimum atomic E-state index is 0.00530. The Balaban J connectivity index is 1.54. The van der Waals surface area contributed by atoms with Gasteiger partial charge in [-0.2, -0.15) is 0 Å². The third-order valence-corrected chi connectivity index (χ3v) is 5.43. The summed E-state index contributed by atoms with van der Waals surface area (Å²) in [7, 11) is 0. The average Bonchev–Trinajstić information content (AvgIpc) is 2.78. The smallest absolute Gasteiger partial charge is 0.227 e. The van der Waals surface area contributed by atoms with Crippen LogP contribution in [0.3, 0.4) is 0 Å².